The first-order valence-corrected chi connectivity index (χ1v) is 10.3. The van der Waals surface area contributed by atoms with E-state index in [9.17, 15) is 24.0 Å². The minimum Gasteiger partial charge on any atom is -0.478 e. The Morgan fingerprint density at radius 1 is 0.886 bits per heavy atom. The normalized spacial score (nSPS) is 11.8. The van der Waals surface area contributed by atoms with Gasteiger partial charge in [0.1, 0.15) is 0 Å². The molecule has 0 atom stereocenters. The van der Waals surface area contributed by atoms with Crippen molar-refractivity contribution < 1.29 is 29.1 Å². The summed E-state index contributed by atoms with van der Waals surface area (Å²) in [4.78, 5) is 60.3. The number of hydrogen-bond donors (Lipinski definition) is 5. The van der Waals surface area contributed by atoms with Crippen molar-refractivity contribution in [1.82, 2.24) is 16.0 Å². The molecule has 1 heterocycles. The minimum absolute atomic E-state index is 0.0297. The number of rotatable bonds is 9. The zero-order chi connectivity index (χ0) is 25.9. The Balaban J connectivity index is 1.96. The van der Waals surface area contributed by atoms with Crippen LogP contribution >= 0.6 is 0 Å². The van der Waals surface area contributed by atoms with Gasteiger partial charge in [-0.3, -0.25) is 29.9 Å². The summed E-state index contributed by atoms with van der Waals surface area (Å²) < 4.78 is 0. The maximum absolute atomic E-state index is 12.9. The maximum atomic E-state index is 12.9. The van der Waals surface area contributed by atoms with E-state index in [1.807, 2.05) is 0 Å². The molecule has 2 aromatic rings. The molecule has 4 amide bonds. The predicted molar refractivity (Wildman–Crippen MR) is 127 cm³/mol. The Morgan fingerprint density at radius 2 is 1.46 bits per heavy atom. The van der Waals surface area contributed by atoms with E-state index in [1.165, 1.54) is 36.4 Å². The highest BCUT2D eigenvalue weighted by molar-refractivity contribution is 6.23. The number of carbonyl (C=O) groups is 5. The Bertz CT molecular complexity index is 1340. The molecular weight excluding hydrogens is 452 g/mol. The van der Waals surface area contributed by atoms with Gasteiger partial charge < -0.3 is 15.7 Å². The lowest BCUT2D eigenvalue weighted by molar-refractivity contribution is -0.132. The zero-order valence-corrected chi connectivity index (χ0v) is 18.8. The highest BCUT2D eigenvalue weighted by Crippen LogP contribution is 2.21. The van der Waals surface area contributed by atoms with Crippen molar-refractivity contribution in [3.05, 3.63) is 94.1 Å². The van der Waals surface area contributed by atoms with Crippen LogP contribution in [0.15, 0.2) is 60.7 Å². The van der Waals surface area contributed by atoms with Crippen molar-refractivity contribution in [2.24, 2.45) is 0 Å². The van der Waals surface area contributed by atoms with Gasteiger partial charge in [0.25, 0.3) is 23.6 Å². The zero-order valence-electron chi connectivity index (χ0n) is 18.8. The van der Waals surface area contributed by atoms with E-state index in [0.717, 1.165) is 0 Å². The topological polar surface area (TPSA) is 166 Å². The van der Waals surface area contributed by atoms with E-state index in [4.69, 9.17) is 10.5 Å². The molecular formula is C25H22N4O6. The van der Waals surface area contributed by atoms with E-state index < -0.39 is 29.6 Å². The second-order valence-electron chi connectivity index (χ2n) is 7.91. The van der Waals surface area contributed by atoms with Crippen LogP contribution in [-0.4, -0.2) is 53.5 Å². The monoisotopic (exact) mass is 474 g/mol. The number of fused-ring (bicyclic) bond motifs is 1. The summed E-state index contributed by atoms with van der Waals surface area (Å²) in [6.07, 6.45) is 0. The number of carboxylic acids is 1. The van der Waals surface area contributed by atoms with Crippen LogP contribution in [0.25, 0.3) is 0 Å². The highest BCUT2D eigenvalue weighted by Gasteiger charge is 2.27. The van der Waals surface area contributed by atoms with Crippen molar-refractivity contribution in [2.75, 3.05) is 13.1 Å². The van der Waals surface area contributed by atoms with Gasteiger partial charge in [-0.2, -0.15) is 0 Å². The molecule has 0 spiro atoms. The molecule has 0 fully saturated rings. The molecule has 0 aromatic heterocycles. The van der Waals surface area contributed by atoms with E-state index in [-0.39, 0.29) is 52.2 Å². The molecule has 10 heteroatoms. The van der Waals surface area contributed by atoms with Crippen LogP contribution in [0.3, 0.4) is 0 Å². The summed E-state index contributed by atoms with van der Waals surface area (Å²) in [6.45, 7) is 8.62. The van der Waals surface area contributed by atoms with Gasteiger partial charge >= 0.3 is 5.97 Å². The summed E-state index contributed by atoms with van der Waals surface area (Å²) in [5.74, 6) is -3.63. The largest absolute Gasteiger partial charge is 0.478 e. The van der Waals surface area contributed by atoms with Crippen molar-refractivity contribution in [2.45, 2.75) is 6.92 Å². The lowest BCUT2D eigenvalue weighted by Crippen LogP contribution is -2.32. The number of benzene rings is 2. The molecule has 0 unspecified atom stereocenters. The highest BCUT2D eigenvalue weighted by atomic mass is 16.4. The van der Waals surface area contributed by atoms with Gasteiger partial charge in [-0.25, -0.2) is 4.79 Å². The standard InChI is InChI=1S/C25H22N4O6/c1-12(2)10-27-22(31)18-8-14(4-6-16(18)21(30)28-11-13(3)25(34)35)20(26)15-5-7-17-19(9-15)24(33)29-23(17)32/h4-9,26H,1,3,10-11H2,2H3,(H,27,31)(H,28,30)(H,34,35)(H,29,32,33). The summed E-state index contributed by atoms with van der Waals surface area (Å²) in [5.41, 5.74) is 1.30. The first-order chi connectivity index (χ1) is 16.5. The smallest absolute Gasteiger partial charge is 0.332 e. The molecule has 10 nitrogen and oxygen atoms in total. The fourth-order valence-electron chi connectivity index (χ4n) is 3.26. The third-order valence-corrected chi connectivity index (χ3v) is 5.14. The van der Waals surface area contributed by atoms with Crippen molar-refractivity contribution in [3.8, 4) is 0 Å². The third-order valence-electron chi connectivity index (χ3n) is 5.14. The third kappa shape index (κ3) is 5.38. The number of aliphatic carboxylic acids is 1. The molecule has 3 rings (SSSR count). The first-order valence-electron chi connectivity index (χ1n) is 10.3. The predicted octanol–water partition coefficient (Wildman–Crippen LogP) is 1.66. The van der Waals surface area contributed by atoms with E-state index >= 15 is 0 Å². The number of carbonyl (C=O) groups excluding carboxylic acids is 4. The molecule has 0 saturated carbocycles. The van der Waals surface area contributed by atoms with Gasteiger partial charge in [-0.05, 0) is 31.2 Å². The fourth-order valence-corrected chi connectivity index (χ4v) is 3.26. The molecule has 0 saturated heterocycles. The average molecular weight is 474 g/mol. The van der Waals surface area contributed by atoms with E-state index in [0.29, 0.717) is 11.1 Å². The van der Waals surface area contributed by atoms with Crippen molar-refractivity contribution in [3.63, 3.8) is 0 Å². The molecule has 2 aromatic carbocycles. The van der Waals surface area contributed by atoms with Crippen LogP contribution in [0.4, 0.5) is 0 Å². The molecule has 35 heavy (non-hydrogen) atoms. The Morgan fingerprint density at radius 3 is 2.11 bits per heavy atom. The molecule has 5 N–H and O–H groups in total. The second kappa shape index (κ2) is 9.96. The van der Waals surface area contributed by atoms with Crippen LogP contribution in [0.1, 0.15) is 59.5 Å². The average Bonchev–Trinajstić information content (AvgIpc) is 3.12. The van der Waals surface area contributed by atoms with Gasteiger partial charge in [0.15, 0.2) is 0 Å². The van der Waals surface area contributed by atoms with Crippen LogP contribution in [0, 0.1) is 5.41 Å². The minimum atomic E-state index is -1.27. The lowest BCUT2D eigenvalue weighted by atomic mass is 9.95. The van der Waals surface area contributed by atoms with Crippen molar-refractivity contribution >= 4 is 35.3 Å². The Labute approximate surface area is 200 Å². The van der Waals surface area contributed by atoms with Crippen LogP contribution in [-0.2, 0) is 4.79 Å². The number of nitrogens with one attached hydrogen (secondary N) is 4. The first kappa shape index (κ1) is 24.8. The number of hydrogen-bond acceptors (Lipinski definition) is 6. The molecule has 0 bridgehead atoms. The summed E-state index contributed by atoms with van der Waals surface area (Å²) in [5, 5.41) is 24.7. The Kier molecular flexibility index (Phi) is 7.05. The van der Waals surface area contributed by atoms with Crippen LogP contribution in [0.2, 0.25) is 0 Å². The van der Waals surface area contributed by atoms with Gasteiger partial charge in [0, 0.05) is 29.8 Å². The molecule has 178 valence electrons. The Hall–Kier alpha value is -4.86. The van der Waals surface area contributed by atoms with E-state index in [1.54, 1.807) is 6.92 Å². The number of carboxylic acid groups (broad SMARTS) is 1. The molecule has 1 aliphatic rings. The summed E-state index contributed by atoms with van der Waals surface area (Å²) in [6, 6.07) is 8.53. The quantitative estimate of drug-likeness (QED) is 0.160. The van der Waals surface area contributed by atoms with Gasteiger partial charge in [-0.15, -0.1) is 0 Å². The number of imide groups is 1. The fraction of sp³-hybridized carbons (Fsp3) is 0.120. The lowest BCUT2D eigenvalue weighted by Gasteiger charge is -2.14. The summed E-state index contributed by atoms with van der Waals surface area (Å²) >= 11 is 0. The van der Waals surface area contributed by atoms with Crippen molar-refractivity contribution in [1.29, 1.82) is 5.41 Å². The van der Waals surface area contributed by atoms with Gasteiger partial charge in [0.05, 0.1) is 28.0 Å². The van der Waals surface area contributed by atoms with Crippen LogP contribution in [0.5, 0.6) is 0 Å². The molecule has 0 aliphatic carbocycles. The van der Waals surface area contributed by atoms with E-state index in [2.05, 4.69) is 29.1 Å². The summed E-state index contributed by atoms with van der Waals surface area (Å²) in [7, 11) is 0. The second-order valence-corrected chi connectivity index (χ2v) is 7.91. The molecule has 0 radical (unpaired) electrons. The molecule has 1 aliphatic heterocycles. The SMILES string of the molecule is C=C(C)CNC(=O)c1cc(C(=N)c2ccc3c(c2)C(=O)NC3=O)ccc1C(=O)NCC(=C)C(=O)O. The van der Waals surface area contributed by atoms with Crippen LogP contribution < -0.4 is 16.0 Å². The van der Waals surface area contributed by atoms with Gasteiger partial charge in [-0.1, -0.05) is 30.9 Å². The van der Waals surface area contributed by atoms with Gasteiger partial charge in [0.2, 0.25) is 0 Å². The number of amides is 4. The maximum Gasteiger partial charge on any atom is 0.332 e.